The van der Waals surface area contributed by atoms with Crippen molar-refractivity contribution >= 4 is 14.0 Å². The summed E-state index contributed by atoms with van der Waals surface area (Å²) in [6.07, 6.45) is 0. The molecule has 0 aliphatic carbocycles. The topological polar surface area (TPSA) is 12.0 Å². The summed E-state index contributed by atoms with van der Waals surface area (Å²) in [5, 5.41) is 4.54. The molecule has 1 atom stereocenters. The Morgan fingerprint density at radius 2 is 1.62 bits per heavy atom. The molecule has 1 aromatic rings. The molecule has 0 amide bonds. The van der Waals surface area contributed by atoms with E-state index >= 15 is 0 Å². The van der Waals surface area contributed by atoms with E-state index in [0.29, 0.717) is 8.73 Å². The van der Waals surface area contributed by atoms with Gasteiger partial charge in [-0.3, -0.25) is 5.09 Å². The predicted octanol–water partition coefficient (Wildman–Crippen LogP) is 2.42. The van der Waals surface area contributed by atoms with Crippen LogP contribution < -0.4 is 10.4 Å². The van der Waals surface area contributed by atoms with Crippen molar-refractivity contribution in [1.82, 2.24) is 5.09 Å². The van der Waals surface area contributed by atoms with Crippen LogP contribution in [0.2, 0.25) is 0 Å². The summed E-state index contributed by atoms with van der Waals surface area (Å²) in [5.74, 6) is 0. The van der Waals surface area contributed by atoms with Crippen LogP contribution in [0.25, 0.3) is 0 Å². The summed E-state index contributed by atoms with van der Waals surface area (Å²) in [4.78, 5) is 0. The molecule has 2 heteroatoms. The van der Waals surface area contributed by atoms with E-state index in [0.717, 1.165) is 0 Å². The number of hydrogen-bond acceptors (Lipinski definition) is 1. The van der Waals surface area contributed by atoms with E-state index in [1.165, 1.54) is 10.9 Å². The minimum absolute atomic E-state index is 0.265. The van der Waals surface area contributed by atoms with Crippen molar-refractivity contribution < 1.29 is 0 Å². The minimum atomic E-state index is 0.265. The highest BCUT2D eigenvalue weighted by molar-refractivity contribution is 7.44. The molecule has 0 spiro atoms. The van der Waals surface area contributed by atoms with E-state index in [4.69, 9.17) is 0 Å². The molecule has 1 N–H and O–H groups in total. The van der Waals surface area contributed by atoms with Crippen LogP contribution in [0, 0.1) is 0 Å². The third kappa shape index (κ3) is 3.10. The van der Waals surface area contributed by atoms with Crippen LogP contribution in [-0.2, 0) is 5.41 Å². The summed E-state index contributed by atoms with van der Waals surface area (Å²) in [7, 11) is 2.70. The lowest BCUT2D eigenvalue weighted by molar-refractivity contribution is 0.590. The maximum atomic E-state index is 3.17. The van der Waals surface area contributed by atoms with Crippen LogP contribution in [0.1, 0.15) is 26.3 Å². The van der Waals surface area contributed by atoms with Crippen LogP contribution in [0.3, 0.4) is 0 Å². The lowest BCUT2D eigenvalue weighted by Crippen LogP contribution is -2.12. The Hall–Kier alpha value is -0.390. The summed E-state index contributed by atoms with van der Waals surface area (Å²) in [6.45, 7) is 6.72. The first kappa shape index (κ1) is 10.7. The van der Waals surface area contributed by atoms with Crippen molar-refractivity contribution in [2.24, 2.45) is 0 Å². The highest BCUT2D eigenvalue weighted by atomic mass is 31.1. The minimum Gasteiger partial charge on any atom is -0.298 e. The molecule has 1 aromatic carbocycles. The Bertz CT molecular complexity index is 258. The Morgan fingerprint density at radius 3 is 2.00 bits per heavy atom. The Kier molecular flexibility index (Phi) is 3.47. The molecule has 0 bridgehead atoms. The molecule has 13 heavy (non-hydrogen) atoms. The van der Waals surface area contributed by atoms with Gasteiger partial charge in [0.1, 0.15) is 0 Å². The largest absolute Gasteiger partial charge is 0.298 e. The highest BCUT2D eigenvalue weighted by Crippen LogP contribution is 2.21. The van der Waals surface area contributed by atoms with Gasteiger partial charge in [-0.05, 0) is 32.1 Å². The number of nitrogens with one attached hydrogen (secondary N) is 1. The molecule has 72 valence electrons. The van der Waals surface area contributed by atoms with Gasteiger partial charge in [0.05, 0.1) is 0 Å². The maximum absolute atomic E-state index is 3.17. The fourth-order valence-corrected chi connectivity index (χ4v) is 1.82. The first-order valence-corrected chi connectivity index (χ1v) is 5.57. The fraction of sp³-hybridized carbons (Fsp3) is 0.455. The number of benzene rings is 1. The lowest BCUT2D eigenvalue weighted by atomic mass is 9.87. The van der Waals surface area contributed by atoms with Gasteiger partial charge in [-0.25, -0.2) is 0 Å². The third-order valence-electron chi connectivity index (χ3n) is 2.02. The van der Waals surface area contributed by atoms with Gasteiger partial charge < -0.3 is 0 Å². The summed E-state index contributed by atoms with van der Waals surface area (Å²) in [6, 6.07) is 8.85. The van der Waals surface area contributed by atoms with Crippen molar-refractivity contribution in [2.75, 3.05) is 7.05 Å². The second-order valence-corrected chi connectivity index (χ2v) is 5.53. The Balaban J connectivity index is 2.81. The van der Waals surface area contributed by atoms with Crippen molar-refractivity contribution in [1.29, 1.82) is 0 Å². The van der Waals surface area contributed by atoms with Crippen LogP contribution in [0.15, 0.2) is 24.3 Å². The zero-order chi connectivity index (χ0) is 9.90. The molecule has 0 aliphatic rings. The third-order valence-corrected chi connectivity index (χ3v) is 2.89. The molecule has 1 nitrogen and oxygen atoms in total. The summed E-state index contributed by atoms with van der Waals surface area (Å²) in [5.41, 5.74) is 1.67. The molecule has 0 radical (unpaired) electrons. The van der Waals surface area contributed by atoms with Gasteiger partial charge in [0.25, 0.3) is 0 Å². The standard InChI is InChI=1S/C11H18NP/c1-11(2,3)9-5-7-10(8-6-9)13-12-4/h5-8,12-13H,1-4H3. The average Bonchev–Trinajstić information content (AvgIpc) is 2.04. The highest BCUT2D eigenvalue weighted by Gasteiger charge is 2.12. The van der Waals surface area contributed by atoms with Gasteiger partial charge in [0, 0.05) is 0 Å². The smallest absolute Gasteiger partial charge is 0.0125 e. The van der Waals surface area contributed by atoms with E-state index < -0.39 is 0 Å². The first-order valence-electron chi connectivity index (χ1n) is 4.57. The molecule has 0 heterocycles. The van der Waals surface area contributed by atoms with Crippen LogP contribution in [0.5, 0.6) is 0 Å². The zero-order valence-corrected chi connectivity index (χ0v) is 9.81. The molecule has 0 aliphatic heterocycles. The van der Waals surface area contributed by atoms with E-state index in [2.05, 4.69) is 50.1 Å². The van der Waals surface area contributed by atoms with Crippen molar-refractivity contribution in [2.45, 2.75) is 26.2 Å². The quantitative estimate of drug-likeness (QED) is 0.715. The fourth-order valence-electron chi connectivity index (χ4n) is 1.20. The van der Waals surface area contributed by atoms with Crippen LogP contribution >= 0.6 is 8.73 Å². The number of hydrogen-bond donors (Lipinski definition) is 1. The Labute approximate surface area is 82.8 Å². The van der Waals surface area contributed by atoms with Gasteiger partial charge in [0.15, 0.2) is 0 Å². The van der Waals surface area contributed by atoms with Crippen molar-refractivity contribution in [3.63, 3.8) is 0 Å². The molecule has 1 unspecified atom stereocenters. The molecule has 1 rings (SSSR count). The van der Waals surface area contributed by atoms with E-state index in [9.17, 15) is 0 Å². The van der Waals surface area contributed by atoms with Gasteiger partial charge in [-0.2, -0.15) is 0 Å². The number of rotatable bonds is 2. The van der Waals surface area contributed by atoms with Crippen LogP contribution in [-0.4, -0.2) is 7.05 Å². The molecular formula is C11H18NP. The predicted molar refractivity (Wildman–Crippen MR) is 62.2 cm³/mol. The van der Waals surface area contributed by atoms with Gasteiger partial charge in [-0.1, -0.05) is 45.0 Å². The normalized spacial score (nSPS) is 12.6. The van der Waals surface area contributed by atoms with E-state index in [1.807, 2.05) is 7.05 Å². The first-order chi connectivity index (χ1) is 6.04. The van der Waals surface area contributed by atoms with E-state index in [1.54, 1.807) is 0 Å². The zero-order valence-electron chi connectivity index (χ0n) is 8.81. The second-order valence-electron chi connectivity index (χ2n) is 4.20. The molecule has 0 fully saturated rings. The molecule has 0 saturated carbocycles. The van der Waals surface area contributed by atoms with Crippen LogP contribution in [0.4, 0.5) is 0 Å². The van der Waals surface area contributed by atoms with E-state index in [-0.39, 0.29) is 5.41 Å². The molecule has 0 aromatic heterocycles. The monoisotopic (exact) mass is 195 g/mol. The van der Waals surface area contributed by atoms with Crippen molar-refractivity contribution in [3.8, 4) is 0 Å². The van der Waals surface area contributed by atoms with Gasteiger partial charge in [0.2, 0.25) is 0 Å². The van der Waals surface area contributed by atoms with Crippen molar-refractivity contribution in [3.05, 3.63) is 29.8 Å². The lowest BCUT2D eigenvalue weighted by Gasteiger charge is -2.19. The Morgan fingerprint density at radius 1 is 1.08 bits per heavy atom. The second kappa shape index (κ2) is 4.21. The molecule has 0 saturated heterocycles. The van der Waals surface area contributed by atoms with Gasteiger partial charge in [-0.15, -0.1) is 0 Å². The van der Waals surface area contributed by atoms with Gasteiger partial charge >= 0.3 is 0 Å². The summed E-state index contributed by atoms with van der Waals surface area (Å²) >= 11 is 0. The SMILES string of the molecule is CNPc1ccc(C(C)(C)C)cc1. The average molecular weight is 195 g/mol. The maximum Gasteiger partial charge on any atom is -0.0125 e. The summed E-state index contributed by atoms with van der Waals surface area (Å²) < 4.78 is 0. The molecular weight excluding hydrogens is 177 g/mol.